The molecule has 7 heteroatoms. The smallest absolute Gasteiger partial charge is 0.317 e. The predicted octanol–water partition coefficient (Wildman–Crippen LogP) is 1.30. The van der Waals surface area contributed by atoms with E-state index in [1.807, 2.05) is 18.5 Å². The lowest BCUT2D eigenvalue weighted by atomic mass is 9.96. The molecule has 0 bridgehead atoms. The van der Waals surface area contributed by atoms with Gasteiger partial charge in [0.25, 0.3) is 0 Å². The van der Waals surface area contributed by atoms with Gasteiger partial charge in [-0.05, 0) is 38.7 Å². The van der Waals surface area contributed by atoms with Gasteiger partial charge in [-0.3, -0.25) is 9.48 Å². The van der Waals surface area contributed by atoms with E-state index in [0.717, 1.165) is 30.8 Å². The van der Waals surface area contributed by atoms with E-state index in [9.17, 15) is 9.59 Å². The van der Waals surface area contributed by atoms with Crippen molar-refractivity contribution in [2.24, 2.45) is 11.8 Å². The number of amides is 3. The monoisotopic (exact) mass is 335 g/mol. The third-order valence-corrected chi connectivity index (χ3v) is 4.59. The van der Waals surface area contributed by atoms with Crippen LogP contribution in [0, 0.1) is 25.7 Å². The molecule has 0 unspecified atom stereocenters. The van der Waals surface area contributed by atoms with Crippen molar-refractivity contribution in [2.45, 2.75) is 40.2 Å². The minimum atomic E-state index is -0.0365. The maximum absolute atomic E-state index is 12.3. The summed E-state index contributed by atoms with van der Waals surface area (Å²) >= 11 is 0. The Morgan fingerprint density at radius 3 is 2.54 bits per heavy atom. The number of carbonyl (C=O) groups is 2. The van der Waals surface area contributed by atoms with Gasteiger partial charge in [0.05, 0.1) is 5.69 Å². The summed E-state index contributed by atoms with van der Waals surface area (Å²) in [7, 11) is 1.66. The molecule has 0 aromatic carbocycles. The lowest BCUT2D eigenvalue weighted by molar-refractivity contribution is -0.125. The summed E-state index contributed by atoms with van der Waals surface area (Å²) in [4.78, 5) is 25.7. The third kappa shape index (κ3) is 4.72. The molecule has 1 aliphatic heterocycles. The first kappa shape index (κ1) is 18.3. The molecule has 2 heterocycles. The summed E-state index contributed by atoms with van der Waals surface area (Å²) < 4.78 is 1.99. The fourth-order valence-corrected chi connectivity index (χ4v) is 3.14. The summed E-state index contributed by atoms with van der Waals surface area (Å²) in [5.41, 5.74) is 2.16. The summed E-state index contributed by atoms with van der Waals surface area (Å²) in [5.74, 6) is 0.410. The van der Waals surface area contributed by atoms with Crippen LogP contribution in [-0.2, 0) is 11.3 Å². The van der Waals surface area contributed by atoms with Crippen LogP contribution in [0.15, 0.2) is 6.07 Å². The van der Waals surface area contributed by atoms with Crippen molar-refractivity contribution in [1.82, 2.24) is 25.3 Å². The Bertz CT molecular complexity index is 576. The average molecular weight is 335 g/mol. The molecule has 24 heavy (non-hydrogen) atoms. The van der Waals surface area contributed by atoms with Crippen LogP contribution in [0.3, 0.4) is 0 Å². The van der Waals surface area contributed by atoms with Gasteiger partial charge in [-0.25, -0.2) is 4.79 Å². The van der Waals surface area contributed by atoms with E-state index >= 15 is 0 Å². The van der Waals surface area contributed by atoms with Crippen molar-refractivity contribution in [1.29, 1.82) is 0 Å². The average Bonchev–Trinajstić information content (AvgIpc) is 2.89. The quantitative estimate of drug-likeness (QED) is 0.851. The highest BCUT2D eigenvalue weighted by Gasteiger charge is 2.26. The van der Waals surface area contributed by atoms with Crippen LogP contribution in [0.25, 0.3) is 0 Å². The van der Waals surface area contributed by atoms with Crippen molar-refractivity contribution >= 4 is 11.9 Å². The van der Waals surface area contributed by atoms with Gasteiger partial charge in [0.15, 0.2) is 0 Å². The fourth-order valence-electron chi connectivity index (χ4n) is 3.14. The molecule has 1 fully saturated rings. The van der Waals surface area contributed by atoms with Gasteiger partial charge in [-0.15, -0.1) is 0 Å². The standard InChI is InChI=1S/C17H29N5O2/c1-12(11-22-14(3)9-13(2)20-22)10-19-17(24)21-7-5-15(6-8-21)16(23)18-4/h9,12,15H,5-8,10-11H2,1-4H3,(H,18,23)(H,19,24)/t12-/m1/s1. The van der Waals surface area contributed by atoms with Crippen LogP contribution in [0.2, 0.25) is 0 Å². The molecule has 7 nitrogen and oxygen atoms in total. The first-order valence-electron chi connectivity index (χ1n) is 8.66. The van der Waals surface area contributed by atoms with Crippen LogP contribution in [0.5, 0.6) is 0 Å². The fraction of sp³-hybridized carbons (Fsp3) is 0.706. The first-order valence-corrected chi connectivity index (χ1v) is 8.66. The number of hydrogen-bond donors (Lipinski definition) is 2. The first-order chi connectivity index (χ1) is 11.4. The largest absolute Gasteiger partial charge is 0.359 e. The Kier molecular flexibility index (Phi) is 6.23. The molecule has 0 radical (unpaired) electrons. The molecule has 0 spiro atoms. The number of nitrogens with one attached hydrogen (secondary N) is 2. The molecule has 3 amide bonds. The Labute approximate surface area is 143 Å². The second-order valence-corrected chi connectivity index (χ2v) is 6.78. The number of carbonyl (C=O) groups excluding carboxylic acids is 2. The van der Waals surface area contributed by atoms with E-state index in [0.29, 0.717) is 25.6 Å². The highest BCUT2D eigenvalue weighted by Crippen LogP contribution is 2.17. The Hall–Kier alpha value is -2.05. The van der Waals surface area contributed by atoms with Crippen molar-refractivity contribution in [3.05, 3.63) is 17.5 Å². The van der Waals surface area contributed by atoms with Crippen LogP contribution < -0.4 is 10.6 Å². The van der Waals surface area contributed by atoms with E-state index in [1.54, 1.807) is 11.9 Å². The molecular weight excluding hydrogens is 306 g/mol. The number of urea groups is 1. The SMILES string of the molecule is CNC(=O)C1CCN(C(=O)NC[C@@H](C)Cn2nc(C)cc2C)CC1. The molecule has 1 saturated heterocycles. The highest BCUT2D eigenvalue weighted by atomic mass is 16.2. The van der Waals surface area contributed by atoms with Gasteiger partial charge >= 0.3 is 6.03 Å². The maximum Gasteiger partial charge on any atom is 0.317 e. The number of nitrogens with zero attached hydrogens (tertiary/aromatic N) is 3. The van der Waals surface area contributed by atoms with Gasteiger partial charge in [0, 0.05) is 44.8 Å². The number of piperidine rings is 1. The predicted molar refractivity (Wildman–Crippen MR) is 92.6 cm³/mol. The zero-order chi connectivity index (χ0) is 17.7. The summed E-state index contributed by atoms with van der Waals surface area (Å²) in [6.45, 7) is 8.81. The van der Waals surface area contributed by atoms with Gasteiger partial charge in [0.2, 0.25) is 5.91 Å². The summed E-state index contributed by atoms with van der Waals surface area (Å²) in [6, 6.07) is 2.02. The van der Waals surface area contributed by atoms with Gasteiger partial charge < -0.3 is 15.5 Å². The highest BCUT2D eigenvalue weighted by molar-refractivity contribution is 5.79. The normalized spacial score (nSPS) is 16.8. The van der Waals surface area contributed by atoms with E-state index in [4.69, 9.17) is 0 Å². The molecule has 2 rings (SSSR count). The number of hydrogen-bond acceptors (Lipinski definition) is 3. The van der Waals surface area contributed by atoms with Crippen LogP contribution in [-0.4, -0.2) is 53.3 Å². The lowest BCUT2D eigenvalue weighted by Gasteiger charge is -2.31. The number of rotatable bonds is 5. The topological polar surface area (TPSA) is 79.3 Å². The summed E-state index contributed by atoms with van der Waals surface area (Å²) in [6.07, 6.45) is 1.46. The van der Waals surface area contributed by atoms with E-state index < -0.39 is 0 Å². The lowest BCUT2D eigenvalue weighted by Crippen LogP contribution is -2.47. The molecule has 134 valence electrons. The van der Waals surface area contributed by atoms with Crippen molar-refractivity contribution in [3.8, 4) is 0 Å². The van der Waals surface area contributed by atoms with E-state index in [2.05, 4.69) is 28.7 Å². The molecule has 1 aliphatic rings. The molecule has 1 aromatic heterocycles. The molecule has 0 aliphatic carbocycles. The zero-order valence-electron chi connectivity index (χ0n) is 15.1. The van der Waals surface area contributed by atoms with Gasteiger partial charge in [-0.1, -0.05) is 6.92 Å². The molecule has 2 N–H and O–H groups in total. The summed E-state index contributed by atoms with van der Waals surface area (Å²) in [5, 5.41) is 10.1. The second-order valence-electron chi connectivity index (χ2n) is 6.78. The number of aryl methyl sites for hydroxylation is 2. The third-order valence-electron chi connectivity index (χ3n) is 4.59. The van der Waals surface area contributed by atoms with Gasteiger partial charge in [-0.2, -0.15) is 5.10 Å². The van der Waals surface area contributed by atoms with Crippen LogP contribution in [0.1, 0.15) is 31.2 Å². The van der Waals surface area contributed by atoms with Crippen molar-refractivity contribution in [2.75, 3.05) is 26.7 Å². The zero-order valence-corrected chi connectivity index (χ0v) is 15.1. The number of likely N-dealkylation sites (tertiary alicyclic amines) is 1. The van der Waals surface area contributed by atoms with Gasteiger partial charge in [0.1, 0.15) is 0 Å². The molecular formula is C17H29N5O2. The minimum Gasteiger partial charge on any atom is -0.359 e. The second kappa shape index (κ2) is 8.17. The molecule has 1 aromatic rings. The Morgan fingerprint density at radius 1 is 1.33 bits per heavy atom. The minimum absolute atomic E-state index is 0.0315. The van der Waals surface area contributed by atoms with Crippen LogP contribution >= 0.6 is 0 Å². The maximum atomic E-state index is 12.3. The number of aromatic nitrogens is 2. The van der Waals surface area contributed by atoms with Crippen molar-refractivity contribution < 1.29 is 9.59 Å². The van der Waals surface area contributed by atoms with E-state index in [1.165, 1.54) is 0 Å². The molecule has 1 atom stereocenters. The Morgan fingerprint density at radius 2 is 2.00 bits per heavy atom. The Balaban J connectivity index is 1.73. The van der Waals surface area contributed by atoms with Crippen LogP contribution in [0.4, 0.5) is 4.79 Å². The van der Waals surface area contributed by atoms with Crippen molar-refractivity contribution in [3.63, 3.8) is 0 Å². The van der Waals surface area contributed by atoms with E-state index in [-0.39, 0.29) is 17.9 Å². The molecule has 0 saturated carbocycles.